The zero-order valence-corrected chi connectivity index (χ0v) is 30.0. The average molecular weight is 763 g/mol. The minimum atomic E-state index is -3.39. The zero-order chi connectivity index (χ0) is 37.3. The molecule has 0 bridgehead atoms. The molecule has 11 nitrogen and oxygen atoms in total. The number of methoxy groups -OCH3 is 1. The second-order valence-corrected chi connectivity index (χ2v) is 13.8. The van der Waals surface area contributed by atoms with Gasteiger partial charge < -0.3 is 26.0 Å². The highest BCUT2D eigenvalue weighted by molar-refractivity contribution is 6.39. The van der Waals surface area contributed by atoms with Gasteiger partial charge in [-0.15, -0.1) is 0 Å². The normalized spacial score (nSPS) is 18.0. The Labute approximate surface area is 313 Å². The van der Waals surface area contributed by atoms with Crippen molar-refractivity contribution in [3.8, 4) is 39.4 Å². The first-order valence-electron chi connectivity index (χ1n) is 17.0. The van der Waals surface area contributed by atoms with Crippen LogP contribution in [0.1, 0.15) is 30.4 Å². The van der Waals surface area contributed by atoms with Crippen LogP contribution < -0.4 is 31.6 Å². The molecule has 2 unspecified atom stereocenters. The van der Waals surface area contributed by atoms with E-state index in [0.29, 0.717) is 74.6 Å². The Bertz CT molecular complexity index is 2290. The summed E-state index contributed by atoms with van der Waals surface area (Å²) in [4.78, 5) is 45.4. The van der Waals surface area contributed by atoms with Crippen molar-refractivity contribution in [1.29, 1.82) is 0 Å². The van der Waals surface area contributed by atoms with Gasteiger partial charge in [0.05, 0.1) is 22.8 Å². The number of hydrogen-bond donors (Lipinski definition) is 4. The van der Waals surface area contributed by atoms with Crippen molar-refractivity contribution in [3.63, 3.8) is 0 Å². The molecule has 0 aliphatic carbocycles. The van der Waals surface area contributed by atoms with Crippen molar-refractivity contribution < 1.29 is 23.1 Å². The summed E-state index contributed by atoms with van der Waals surface area (Å²) < 4.78 is 34.1. The molecule has 7 rings (SSSR count). The van der Waals surface area contributed by atoms with Crippen LogP contribution in [0.5, 0.6) is 5.88 Å². The Morgan fingerprint density at radius 2 is 1.57 bits per heavy atom. The maximum absolute atomic E-state index is 13.5. The van der Waals surface area contributed by atoms with E-state index in [0.717, 1.165) is 17.5 Å². The van der Waals surface area contributed by atoms with Gasteiger partial charge in [-0.2, -0.15) is 8.78 Å². The van der Waals surface area contributed by atoms with Crippen LogP contribution in [0, 0.1) is 0 Å². The van der Waals surface area contributed by atoms with Crippen molar-refractivity contribution in [1.82, 2.24) is 35.6 Å². The fourth-order valence-corrected chi connectivity index (χ4v) is 7.35. The Kier molecular flexibility index (Phi) is 10.4. The molecule has 2 saturated heterocycles. The van der Waals surface area contributed by atoms with Crippen molar-refractivity contribution in [3.05, 3.63) is 105 Å². The SMILES string of the molecule is COc1nc(-c2cccc(-c3cccc(-c4ccn5c(=O)c(CNCC6CC(F)(F)C(=O)N6)cnc5c4)c3Cl)c2Cl)ccc1CNCC1CCC(=O)N1. The van der Waals surface area contributed by atoms with Crippen LogP contribution in [0.4, 0.5) is 8.78 Å². The van der Waals surface area contributed by atoms with Crippen LogP contribution in [0.25, 0.3) is 39.2 Å². The molecule has 2 aromatic carbocycles. The van der Waals surface area contributed by atoms with Gasteiger partial charge in [0.2, 0.25) is 11.8 Å². The lowest BCUT2D eigenvalue weighted by molar-refractivity contribution is -0.139. The smallest absolute Gasteiger partial charge is 0.326 e. The van der Waals surface area contributed by atoms with Gasteiger partial charge in [-0.05, 0) is 30.2 Å². The first-order valence-corrected chi connectivity index (χ1v) is 17.8. The van der Waals surface area contributed by atoms with Gasteiger partial charge in [0.1, 0.15) is 5.65 Å². The summed E-state index contributed by atoms with van der Waals surface area (Å²) in [6.45, 7) is 1.35. The molecule has 53 heavy (non-hydrogen) atoms. The molecule has 274 valence electrons. The average Bonchev–Trinajstić information content (AvgIpc) is 3.68. The van der Waals surface area contributed by atoms with Gasteiger partial charge in [-0.3, -0.25) is 18.8 Å². The maximum atomic E-state index is 13.5. The minimum absolute atomic E-state index is 0.0772. The quantitative estimate of drug-likeness (QED) is 0.133. The van der Waals surface area contributed by atoms with Crippen molar-refractivity contribution in [2.75, 3.05) is 20.2 Å². The number of nitrogens with zero attached hydrogens (tertiary/aromatic N) is 3. The number of amides is 2. The van der Waals surface area contributed by atoms with Gasteiger partial charge in [-0.1, -0.05) is 65.7 Å². The van der Waals surface area contributed by atoms with Crippen molar-refractivity contribution in [2.24, 2.45) is 0 Å². The predicted octanol–water partition coefficient (Wildman–Crippen LogP) is 5.39. The molecule has 2 aliphatic rings. The fraction of sp³-hybridized carbons (Fsp3) is 0.289. The zero-order valence-electron chi connectivity index (χ0n) is 28.5. The van der Waals surface area contributed by atoms with E-state index >= 15 is 0 Å². The highest BCUT2D eigenvalue weighted by Crippen LogP contribution is 2.42. The number of ether oxygens (including phenoxy) is 1. The highest BCUT2D eigenvalue weighted by Gasteiger charge is 2.47. The lowest BCUT2D eigenvalue weighted by Gasteiger charge is -2.16. The molecule has 2 amide bonds. The van der Waals surface area contributed by atoms with E-state index in [1.54, 1.807) is 25.4 Å². The van der Waals surface area contributed by atoms with Crippen molar-refractivity contribution in [2.45, 2.75) is 50.4 Å². The number of carbonyl (C=O) groups is 2. The standard InChI is InChI=1S/C38H35Cl2F2N7O4/c1-53-35-22(16-43-19-24-9-11-32(50)46-24)8-10-30(48-35)29-7-3-6-28(34(29)40)27-5-2-4-26(33(27)39)21-12-13-49-31(14-21)45-18-23(36(49)51)17-44-20-25-15-38(41,42)37(52)47-25/h2-8,10,12-14,18,24-25,43-44H,9,11,15-17,19-20H2,1H3,(H,46,50)(H,47,52). The lowest BCUT2D eigenvalue weighted by atomic mass is 9.97. The summed E-state index contributed by atoms with van der Waals surface area (Å²) in [5.41, 5.74) is 5.45. The van der Waals surface area contributed by atoms with Crippen LogP contribution in [-0.4, -0.2) is 64.4 Å². The second-order valence-electron chi connectivity index (χ2n) is 13.1. The Hall–Kier alpha value is -4.95. The van der Waals surface area contributed by atoms with E-state index in [9.17, 15) is 23.2 Å². The molecule has 2 atom stereocenters. The van der Waals surface area contributed by atoms with Crippen LogP contribution in [0.15, 0.2) is 77.9 Å². The summed E-state index contributed by atoms with van der Waals surface area (Å²) in [6.07, 6.45) is 3.83. The summed E-state index contributed by atoms with van der Waals surface area (Å²) in [5.74, 6) is -4.13. The summed E-state index contributed by atoms with van der Waals surface area (Å²) in [5, 5.41) is 12.5. The first-order chi connectivity index (χ1) is 25.5. The van der Waals surface area contributed by atoms with E-state index < -0.39 is 24.3 Å². The molecule has 4 N–H and O–H groups in total. The van der Waals surface area contributed by atoms with Gasteiger partial charge in [0, 0.05) is 96.9 Å². The van der Waals surface area contributed by atoms with Crippen LogP contribution in [-0.2, 0) is 22.7 Å². The third-order valence-corrected chi connectivity index (χ3v) is 10.3. The third-order valence-electron chi connectivity index (χ3n) is 9.46. The third kappa shape index (κ3) is 7.61. The Morgan fingerprint density at radius 1 is 0.887 bits per heavy atom. The number of alkyl halides is 2. The summed E-state index contributed by atoms with van der Waals surface area (Å²) in [7, 11) is 1.57. The topological polar surface area (TPSA) is 139 Å². The van der Waals surface area contributed by atoms with E-state index in [-0.39, 0.29) is 30.6 Å². The molecule has 3 aromatic heterocycles. The van der Waals surface area contributed by atoms with Crippen LogP contribution >= 0.6 is 23.2 Å². The van der Waals surface area contributed by atoms with Gasteiger partial charge in [-0.25, -0.2) is 9.97 Å². The maximum Gasteiger partial charge on any atom is 0.326 e. The fourth-order valence-electron chi connectivity index (χ4n) is 6.69. The van der Waals surface area contributed by atoms with Gasteiger partial charge >= 0.3 is 5.92 Å². The first kappa shape index (κ1) is 36.4. The highest BCUT2D eigenvalue weighted by atomic mass is 35.5. The van der Waals surface area contributed by atoms with E-state index in [1.807, 2.05) is 48.5 Å². The molecule has 2 fully saturated rings. The van der Waals surface area contributed by atoms with Gasteiger partial charge in [0.25, 0.3) is 11.5 Å². The number of aromatic nitrogens is 3. The molecule has 15 heteroatoms. The summed E-state index contributed by atoms with van der Waals surface area (Å²) in [6, 6.07) is 18.0. The number of carbonyl (C=O) groups excluding carboxylic acids is 2. The number of halogens is 4. The second kappa shape index (κ2) is 15.2. The number of rotatable bonds is 12. The minimum Gasteiger partial charge on any atom is -0.481 e. The number of nitrogens with one attached hydrogen (secondary N) is 4. The molecule has 2 aliphatic heterocycles. The van der Waals surface area contributed by atoms with E-state index in [4.69, 9.17) is 32.9 Å². The van der Waals surface area contributed by atoms with E-state index in [1.165, 1.54) is 10.6 Å². The van der Waals surface area contributed by atoms with Gasteiger partial charge in [0.15, 0.2) is 0 Å². The van der Waals surface area contributed by atoms with Crippen LogP contribution in [0.2, 0.25) is 10.0 Å². The number of benzene rings is 2. The number of fused-ring (bicyclic) bond motifs is 1. The summed E-state index contributed by atoms with van der Waals surface area (Å²) >= 11 is 14.1. The van der Waals surface area contributed by atoms with E-state index in [2.05, 4.69) is 26.3 Å². The lowest BCUT2D eigenvalue weighted by Crippen LogP contribution is -2.36. The number of pyridine rings is 2. The molecule has 0 spiro atoms. The monoisotopic (exact) mass is 761 g/mol. The molecular weight excluding hydrogens is 727 g/mol. The molecule has 5 aromatic rings. The number of hydrogen-bond acceptors (Lipinski definition) is 8. The predicted molar refractivity (Wildman–Crippen MR) is 198 cm³/mol. The molecule has 0 saturated carbocycles. The Morgan fingerprint density at radius 3 is 2.25 bits per heavy atom. The van der Waals surface area contributed by atoms with Crippen molar-refractivity contribution >= 4 is 40.7 Å². The Balaban J connectivity index is 1.09. The molecule has 0 radical (unpaired) electrons. The van der Waals surface area contributed by atoms with Crippen LogP contribution in [0.3, 0.4) is 0 Å². The molecule has 5 heterocycles. The molecular formula is C38H35Cl2F2N7O4. The largest absolute Gasteiger partial charge is 0.481 e.